The number of hydrogen-bond acceptors (Lipinski definition) is 3. The largest absolute Gasteiger partial charge is 0.208 e. The molecule has 208 valence electrons. The molecule has 0 bridgehead atoms. The van der Waals surface area contributed by atoms with Crippen molar-refractivity contribution in [2.45, 2.75) is 38.5 Å². The summed E-state index contributed by atoms with van der Waals surface area (Å²) in [4.78, 5) is 15.2. The summed E-state index contributed by atoms with van der Waals surface area (Å²) >= 11 is 6.24. The summed E-state index contributed by atoms with van der Waals surface area (Å²) in [5.41, 5.74) is 13.1. The molecule has 0 unspecified atom stereocenters. The van der Waals surface area contributed by atoms with Crippen LogP contribution in [0, 0.1) is 0 Å². The zero-order valence-electron chi connectivity index (χ0n) is 24.6. The first kappa shape index (κ1) is 26.1. The maximum Gasteiger partial charge on any atom is 0.164 e. The van der Waals surface area contributed by atoms with Crippen molar-refractivity contribution in [1.82, 2.24) is 15.0 Å². The lowest BCUT2D eigenvalue weighted by Crippen LogP contribution is -2.15. The van der Waals surface area contributed by atoms with Gasteiger partial charge in [-0.15, -0.1) is 0 Å². The minimum atomic E-state index is -0.114. The van der Waals surface area contributed by atoms with Gasteiger partial charge < -0.3 is 0 Å². The Bertz CT molecular complexity index is 1960. The van der Waals surface area contributed by atoms with Crippen LogP contribution < -0.4 is 0 Å². The second-order valence-electron chi connectivity index (χ2n) is 12.7. The Kier molecular flexibility index (Phi) is 5.57. The maximum atomic E-state index is 6.24. The van der Waals surface area contributed by atoms with Crippen molar-refractivity contribution in [1.29, 1.82) is 0 Å². The molecule has 3 nitrogen and oxygen atoms in total. The molecule has 0 aliphatic heterocycles. The third-order valence-corrected chi connectivity index (χ3v) is 9.67. The van der Waals surface area contributed by atoms with Crippen LogP contribution in [0.5, 0.6) is 0 Å². The first-order valence-corrected chi connectivity index (χ1v) is 15.1. The first-order valence-electron chi connectivity index (χ1n) is 14.7. The number of aromatic nitrogens is 3. The lowest BCUT2D eigenvalue weighted by atomic mass is 9.82. The van der Waals surface area contributed by atoms with E-state index in [1.807, 2.05) is 24.3 Å². The normalized spacial score (nSPS) is 15.0. The van der Waals surface area contributed by atoms with E-state index in [0.29, 0.717) is 22.5 Å². The average Bonchev–Trinajstić information content (AvgIpc) is 3.40. The van der Waals surface area contributed by atoms with Crippen LogP contribution in [-0.4, -0.2) is 15.0 Å². The Labute approximate surface area is 257 Å². The molecule has 0 radical (unpaired) electrons. The monoisotopic (exact) mass is 575 g/mol. The van der Waals surface area contributed by atoms with Gasteiger partial charge in [-0.3, -0.25) is 0 Å². The molecule has 1 heterocycles. The highest BCUT2D eigenvalue weighted by atomic mass is 35.5. The molecule has 0 amide bonds. The Hall–Kier alpha value is -4.60. The molecule has 2 aliphatic carbocycles. The molecule has 1 aromatic heterocycles. The molecule has 0 spiro atoms. The molecule has 8 rings (SSSR count). The van der Waals surface area contributed by atoms with Crippen molar-refractivity contribution in [2.24, 2.45) is 0 Å². The van der Waals surface area contributed by atoms with Gasteiger partial charge in [0.15, 0.2) is 17.5 Å². The van der Waals surface area contributed by atoms with Crippen molar-refractivity contribution in [3.63, 3.8) is 0 Å². The van der Waals surface area contributed by atoms with Gasteiger partial charge in [-0.05, 0) is 80.9 Å². The second kappa shape index (κ2) is 9.20. The summed E-state index contributed by atoms with van der Waals surface area (Å²) in [6.07, 6.45) is 0. The van der Waals surface area contributed by atoms with Gasteiger partial charge in [-0.1, -0.05) is 112 Å². The SMILES string of the molecule is CC1(C)c2ccccc2-c2ccc(-c3nc(-c4ccc(Cl)cc4)nc(-c4ccc5c(c4)C(C)(C)c4ccccc4-5)n3)cc21. The van der Waals surface area contributed by atoms with E-state index in [0.717, 1.165) is 16.7 Å². The van der Waals surface area contributed by atoms with Gasteiger partial charge in [0.1, 0.15) is 0 Å². The highest BCUT2D eigenvalue weighted by Crippen LogP contribution is 2.50. The smallest absolute Gasteiger partial charge is 0.164 e. The molecule has 2 aliphatic rings. The van der Waals surface area contributed by atoms with E-state index in [-0.39, 0.29) is 10.8 Å². The molecule has 0 atom stereocenters. The third kappa shape index (κ3) is 3.92. The van der Waals surface area contributed by atoms with Gasteiger partial charge in [-0.2, -0.15) is 0 Å². The Morgan fingerprint density at radius 3 is 1.26 bits per heavy atom. The molecular formula is C39H30ClN3. The summed E-state index contributed by atoms with van der Waals surface area (Å²) in [6.45, 7) is 9.18. The van der Waals surface area contributed by atoms with Gasteiger partial charge in [0.05, 0.1) is 0 Å². The third-order valence-electron chi connectivity index (χ3n) is 9.42. The highest BCUT2D eigenvalue weighted by Gasteiger charge is 2.36. The summed E-state index contributed by atoms with van der Waals surface area (Å²) in [5.74, 6) is 1.95. The average molecular weight is 576 g/mol. The van der Waals surface area contributed by atoms with Crippen LogP contribution >= 0.6 is 11.6 Å². The van der Waals surface area contributed by atoms with E-state index in [9.17, 15) is 0 Å². The Morgan fingerprint density at radius 1 is 0.419 bits per heavy atom. The fourth-order valence-corrected chi connectivity index (χ4v) is 7.17. The van der Waals surface area contributed by atoms with Crippen LogP contribution in [0.2, 0.25) is 5.02 Å². The van der Waals surface area contributed by atoms with Crippen molar-refractivity contribution in [2.75, 3.05) is 0 Å². The molecule has 0 N–H and O–H groups in total. The van der Waals surface area contributed by atoms with E-state index in [1.54, 1.807) is 0 Å². The highest BCUT2D eigenvalue weighted by molar-refractivity contribution is 6.30. The van der Waals surface area contributed by atoms with Gasteiger partial charge in [0.2, 0.25) is 0 Å². The minimum absolute atomic E-state index is 0.114. The van der Waals surface area contributed by atoms with Crippen LogP contribution in [0.3, 0.4) is 0 Å². The molecule has 4 heteroatoms. The molecule has 5 aromatic carbocycles. The summed E-state index contributed by atoms with van der Waals surface area (Å²) in [5, 5.41) is 0.680. The number of nitrogens with zero attached hydrogens (tertiary/aromatic N) is 3. The van der Waals surface area contributed by atoms with Crippen LogP contribution in [0.1, 0.15) is 49.9 Å². The van der Waals surface area contributed by atoms with Crippen molar-refractivity contribution >= 4 is 11.6 Å². The van der Waals surface area contributed by atoms with Crippen LogP contribution in [-0.2, 0) is 10.8 Å². The molecule has 0 saturated heterocycles. The quantitative estimate of drug-likeness (QED) is 0.211. The van der Waals surface area contributed by atoms with E-state index in [1.165, 1.54) is 44.5 Å². The van der Waals surface area contributed by atoms with Crippen LogP contribution in [0.25, 0.3) is 56.4 Å². The van der Waals surface area contributed by atoms with Crippen LogP contribution in [0.4, 0.5) is 0 Å². The van der Waals surface area contributed by atoms with Crippen molar-refractivity contribution in [3.05, 3.63) is 136 Å². The fraction of sp³-hybridized carbons (Fsp3) is 0.154. The predicted octanol–water partition coefficient (Wildman–Crippen LogP) is 10.1. The first-order chi connectivity index (χ1) is 20.7. The number of fused-ring (bicyclic) bond motifs is 6. The van der Waals surface area contributed by atoms with E-state index >= 15 is 0 Å². The second-order valence-corrected chi connectivity index (χ2v) is 13.1. The number of rotatable bonds is 3. The van der Waals surface area contributed by atoms with E-state index in [2.05, 4.69) is 113 Å². The maximum absolute atomic E-state index is 6.24. The van der Waals surface area contributed by atoms with Crippen molar-refractivity contribution in [3.8, 4) is 56.4 Å². The minimum Gasteiger partial charge on any atom is -0.208 e. The van der Waals surface area contributed by atoms with Gasteiger partial charge in [0, 0.05) is 32.5 Å². The predicted molar refractivity (Wildman–Crippen MR) is 176 cm³/mol. The number of halogens is 1. The molecule has 0 saturated carbocycles. The molecular weight excluding hydrogens is 546 g/mol. The van der Waals surface area contributed by atoms with Crippen molar-refractivity contribution < 1.29 is 0 Å². The van der Waals surface area contributed by atoms with E-state index < -0.39 is 0 Å². The molecule has 6 aromatic rings. The van der Waals surface area contributed by atoms with Gasteiger partial charge in [0.25, 0.3) is 0 Å². The Balaban J connectivity index is 1.30. The topological polar surface area (TPSA) is 38.7 Å². The summed E-state index contributed by atoms with van der Waals surface area (Å²) < 4.78 is 0. The summed E-state index contributed by atoms with van der Waals surface area (Å²) in [6, 6.07) is 38.4. The van der Waals surface area contributed by atoms with Gasteiger partial charge in [-0.25, -0.2) is 15.0 Å². The number of benzene rings is 5. The standard InChI is InChI=1S/C39H30ClN3/c1-38(2)31-11-7-5-9-27(31)29-19-15-24(21-33(29)38)36-41-35(23-13-17-26(40)18-14-23)42-37(43-36)25-16-20-30-28-10-6-8-12-32(28)39(3,4)34(30)22-25/h5-22H,1-4H3. The lowest BCUT2D eigenvalue weighted by molar-refractivity contribution is 0.660. The zero-order chi connectivity index (χ0) is 29.5. The zero-order valence-corrected chi connectivity index (χ0v) is 25.4. The molecule has 43 heavy (non-hydrogen) atoms. The van der Waals surface area contributed by atoms with Crippen LogP contribution in [0.15, 0.2) is 109 Å². The molecule has 0 fully saturated rings. The fourth-order valence-electron chi connectivity index (χ4n) is 7.05. The Morgan fingerprint density at radius 2 is 0.791 bits per heavy atom. The lowest BCUT2D eigenvalue weighted by Gasteiger charge is -2.22. The summed E-state index contributed by atoms with van der Waals surface area (Å²) in [7, 11) is 0. The number of hydrogen-bond donors (Lipinski definition) is 0. The van der Waals surface area contributed by atoms with E-state index in [4.69, 9.17) is 26.6 Å². The van der Waals surface area contributed by atoms with Gasteiger partial charge >= 0.3 is 0 Å².